The van der Waals surface area contributed by atoms with E-state index in [0.717, 1.165) is 17.5 Å². The predicted molar refractivity (Wildman–Crippen MR) is 72.0 cm³/mol. The van der Waals surface area contributed by atoms with E-state index in [1.165, 1.54) is 0 Å². The predicted octanol–water partition coefficient (Wildman–Crippen LogP) is 2.91. The van der Waals surface area contributed by atoms with Crippen molar-refractivity contribution in [3.05, 3.63) is 35.4 Å². The average Bonchev–Trinajstić information content (AvgIpc) is 2.35. The van der Waals surface area contributed by atoms with Crippen LogP contribution in [0.15, 0.2) is 24.3 Å². The molecule has 0 bridgehead atoms. The molecule has 1 aromatic carbocycles. The number of carbonyl (C=O) groups is 1. The minimum atomic E-state index is -0.367. The highest BCUT2D eigenvalue weighted by Crippen LogP contribution is 2.19. The maximum absolute atomic E-state index is 11.8. The van der Waals surface area contributed by atoms with E-state index in [2.05, 4.69) is 11.4 Å². The quantitative estimate of drug-likeness (QED) is 0.865. The van der Waals surface area contributed by atoms with E-state index < -0.39 is 0 Å². The van der Waals surface area contributed by atoms with Crippen molar-refractivity contribution in [2.45, 2.75) is 45.6 Å². The maximum atomic E-state index is 11.8. The summed E-state index contributed by atoms with van der Waals surface area (Å²) in [5.74, 6) is -0.425. The summed E-state index contributed by atoms with van der Waals surface area (Å²) >= 11 is 0. The second-order valence-electron chi connectivity index (χ2n) is 4.68. The van der Waals surface area contributed by atoms with Gasteiger partial charge in [-0.15, -0.1) is 0 Å². The van der Waals surface area contributed by atoms with E-state index >= 15 is 0 Å². The third-order valence-corrected chi connectivity index (χ3v) is 3.01. The molecule has 1 amide bonds. The summed E-state index contributed by atoms with van der Waals surface area (Å²) in [6, 6.07) is 10.1. The first-order valence-corrected chi connectivity index (χ1v) is 6.32. The lowest BCUT2D eigenvalue weighted by molar-refractivity contribution is -0.121. The summed E-state index contributed by atoms with van der Waals surface area (Å²) < 4.78 is 0. The standard InChI is InChI=1S/C15H20N2O/c1-4-12(3)17-15(18)9-14(10-16)13-7-5-6-11(2)8-13/h5-8,12,14H,4,9H2,1-3H3,(H,17,18). The number of rotatable bonds is 5. The number of nitrogens with one attached hydrogen (secondary N) is 1. The first-order valence-electron chi connectivity index (χ1n) is 6.32. The lowest BCUT2D eigenvalue weighted by Crippen LogP contribution is -2.32. The molecule has 0 radical (unpaired) electrons. The van der Waals surface area contributed by atoms with E-state index in [1.807, 2.05) is 45.0 Å². The second kappa shape index (κ2) is 6.80. The number of carbonyl (C=O) groups excluding carboxylic acids is 1. The van der Waals surface area contributed by atoms with Crippen molar-refractivity contribution < 1.29 is 4.79 Å². The SMILES string of the molecule is CCC(C)NC(=O)CC(C#N)c1cccc(C)c1. The van der Waals surface area contributed by atoms with Crippen molar-refractivity contribution in [1.82, 2.24) is 5.32 Å². The highest BCUT2D eigenvalue weighted by atomic mass is 16.1. The Kier molecular flexibility index (Phi) is 5.38. The first-order chi connectivity index (χ1) is 8.56. The van der Waals surface area contributed by atoms with Gasteiger partial charge in [-0.1, -0.05) is 36.8 Å². The Morgan fingerprint density at radius 3 is 2.78 bits per heavy atom. The third kappa shape index (κ3) is 4.21. The molecule has 0 aromatic heterocycles. The molecule has 0 fully saturated rings. The van der Waals surface area contributed by atoms with Crippen molar-refractivity contribution in [1.29, 1.82) is 5.26 Å². The molecule has 1 N–H and O–H groups in total. The largest absolute Gasteiger partial charge is 0.354 e. The van der Waals surface area contributed by atoms with Crippen LogP contribution < -0.4 is 5.32 Å². The van der Waals surface area contributed by atoms with Crippen molar-refractivity contribution in [2.75, 3.05) is 0 Å². The van der Waals surface area contributed by atoms with Crippen molar-refractivity contribution >= 4 is 5.91 Å². The highest BCUT2D eigenvalue weighted by molar-refractivity contribution is 5.77. The van der Waals surface area contributed by atoms with Gasteiger partial charge in [-0.05, 0) is 25.8 Å². The normalized spacial score (nSPS) is 13.4. The van der Waals surface area contributed by atoms with Crippen LogP contribution in [0.5, 0.6) is 0 Å². The van der Waals surface area contributed by atoms with Crippen LogP contribution in [0.1, 0.15) is 43.7 Å². The minimum absolute atomic E-state index is 0.0580. The highest BCUT2D eigenvalue weighted by Gasteiger charge is 2.16. The first kappa shape index (κ1) is 14.2. The Morgan fingerprint density at radius 1 is 1.50 bits per heavy atom. The fourth-order valence-electron chi connectivity index (χ4n) is 1.75. The van der Waals surface area contributed by atoms with Crippen molar-refractivity contribution in [3.63, 3.8) is 0 Å². The third-order valence-electron chi connectivity index (χ3n) is 3.01. The lowest BCUT2D eigenvalue weighted by atomic mass is 9.95. The molecular formula is C15H20N2O. The molecule has 1 aromatic rings. The van der Waals surface area contributed by atoms with Crippen molar-refractivity contribution in [2.24, 2.45) is 0 Å². The molecule has 96 valence electrons. The van der Waals surface area contributed by atoms with Gasteiger partial charge in [0.15, 0.2) is 0 Å². The molecule has 3 nitrogen and oxygen atoms in total. The van der Waals surface area contributed by atoms with Gasteiger partial charge in [0.05, 0.1) is 12.0 Å². The molecule has 18 heavy (non-hydrogen) atoms. The Morgan fingerprint density at radius 2 is 2.22 bits per heavy atom. The number of amides is 1. The zero-order chi connectivity index (χ0) is 13.5. The molecule has 1 rings (SSSR count). The van der Waals surface area contributed by atoms with Gasteiger partial charge >= 0.3 is 0 Å². The number of nitriles is 1. The lowest BCUT2D eigenvalue weighted by Gasteiger charge is -2.14. The van der Waals surface area contributed by atoms with Gasteiger partial charge in [0, 0.05) is 12.5 Å². The number of hydrogen-bond acceptors (Lipinski definition) is 2. The number of nitrogens with zero attached hydrogens (tertiary/aromatic N) is 1. The van der Waals surface area contributed by atoms with Crippen LogP contribution in [0, 0.1) is 18.3 Å². The van der Waals surface area contributed by atoms with Crippen LogP contribution in [0.4, 0.5) is 0 Å². The Labute approximate surface area is 109 Å². The van der Waals surface area contributed by atoms with Gasteiger partial charge in [-0.2, -0.15) is 5.26 Å². The summed E-state index contributed by atoms with van der Waals surface area (Å²) in [4.78, 5) is 11.8. The van der Waals surface area contributed by atoms with Gasteiger partial charge in [0.2, 0.25) is 5.91 Å². The van der Waals surface area contributed by atoms with Gasteiger partial charge in [-0.25, -0.2) is 0 Å². The van der Waals surface area contributed by atoms with Crippen LogP contribution in [0.3, 0.4) is 0 Å². The number of aryl methyl sites for hydroxylation is 1. The molecule has 3 heteroatoms. The number of benzene rings is 1. The van der Waals surface area contributed by atoms with E-state index in [0.29, 0.717) is 0 Å². The molecular weight excluding hydrogens is 224 g/mol. The minimum Gasteiger partial charge on any atom is -0.354 e. The molecule has 0 aliphatic carbocycles. The van der Waals surface area contributed by atoms with Crippen LogP contribution in [-0.2, 0) is 4.79 Å². The molecule has 0 saturated heterocycles. The van der Waals surface area contributed by atoms with Gasteiger partial charge in [0.25, 0.3) is 0 Å². The molecule has 0 saturated carbocycles. The van der Waals surface area contributed by atoms with Gasteiger partial charge in [0.1, 0.15) is 0 Å². The smallest absolute Gasteiger partial charge is 0.221 e. The maximum Gasteiger partial charge on any atom is 0.221 e. The van der Waals surface area contributed by atoms with Gasteiger partial charge < -0.3 is 5.32 Å². The summed E-state index contributed by atoms with van der Waals surface area (Å²) in [6.07, 6.45) is 1.12. The Hall–Kier alpha value is -1.82. The summed E-state index contributed by atoms with van der Waals surface area (Å²) in [5.41, 5.74) is 2.02. The fraction of sp³-hybridized carbons (Fsp3) is 0.467. The van der Waals surface area contributed by atoms with E-state index in [9.17, 15) is 10.1 Å². The molecule has 2 unspecified atom stereocenters. The zero-order valence-electron chi connectivity index (χ0n) is 11.2. The van der Waals surface area contributed by atoms with Gasteiger partial charge in [-0.3, -0.25) is 4.79 Å². The Balaban J connectivity index is 2.69. The summed E-state index contributed by atoms with van der Waals surface area (Å²) in [5, 5.41) is 12.1. The van der Waals surface area contributed by atoms with Crippen molar-refractivity contribution in [3.8, 4) is 6.07 Å². The Bertz CT molecular complexity index is 448. The van der Waals surface area contributed by atoms with Crippen LogP contribution in [0.2, 0.25) is 0 Å². The number of hydrogen-bond donors (Lipinski definition) is 1. The molecule has 2 atom stereocenters. The topological polar surface area (TPSA) is 52.9 Å². The fourth-order valence-corrected chi connectivity index (χ4v) is 1.75. The second-order valence-corrected chi connectivity index (χ2v) is 4.68. The van der Waals surface area contributed by atoms with Crippen LogP contribution >= 0.6 is 0 Å². The summed E-state index contributed by atoms with van der Waals surface area (Å²) in [7, 11) is 0. The van der Waals surface area contributed by atoms with E-state index in [4.69, 9.17) is 0 Å². The molecule has 0 aliphatic heterocycles. The summed E-state index contributed by atoms with van der Waals surface area (Å²) in [6.45, 7) is 5.97. The molecule has 0 heterocycles. The monoisotopic (exact) mass is 244 g/mol. The zero-order valence-corrected chi connectivity index (χ0v) is 11.2. The molecule has 0 spiro atoms. The van der Waals surface area contributed by atoms with Crippen LogP contribution in [-0.4, -0.2) is 11.9 Å². The van der Waals surface area contributed by atoms with Crippen LogP contribution in [0.25, 0.3) is 0 Å². The van der Waals surface area contributed by atoms with E-state index in [1.54, 1.807) is 0 Å². The average molecular weight is 244 g/mol. The van der Waals surface area contributed by atoms with E-state index in [-0.39, 0.29) is 24.3 Å². The molecule has 0 aliphatic rings.